The fourth-order valence-corrected chi connectivity index (χ4v) is 5.57. The first-order valence-corrected chi connectivity index (χ1v) is 16.3. The van der Waals surface area contributed by atoms with Gasteiger partial charge >= 0.3 is 5.97 Å². The second kappa shape index (κ2) is 19.7. The highest BCUT2D eigenvalue weighted by Gasteiger charge is 2.55. The molecule has 0 aromatic heterocycles. The van der Waals surface area contributed by atoms with Gasteiger partial charge in [0.15, 0.2) is 11.4 Å². The van der Waals surface area contributed by atoms with Gasteiger partial charge in [-0.1, -0.05) is 52.4 Å². The second-order valence-corrected chi connectivity index (χ2v) is 12.1. The van der Waals surface area contributed by atoms with E-state index in [1.165, 1.54) is 0 Å². The summed E-state index contributed by atoms with van der Waals surface area (Å²) >= 11 is 0. The van der Waals surface area contributed by atoms with Crippen LogP contribution in [0.5, 0.6) is 0 Å². The van der Waals surface area contributed by atoms with E-state index in [-0.39, 0.29) is 56.3 Å². The Morgan fingerprint density at radius 1 is 0.977 bits per heavy atom. The Kier molecular flexibility index (Phi) is 16.7. The summed E-state index contributed by atoms with van der Waals surface area (Å²) in [6.45, 7) is 7.66. The van der Waals surface area contributed by atoms with Gasteiger partial charge in [-0.25, -0.2) is 0 Å². The van der Waals surface area contributed by atoms with Gasteiger partial charge in [-0.05, 0) is 64.6 Å². The molecular formula is C31H55N5O7. The van der Waals surface area contributed by atoms with Gasteiger partial charge in [0.2, 0.25) is 17.7 Å². The topological polar surface area (TPSA) is 172 Å². The zero-order valence-electron chi connectivity index (χ0n) is 26.5. The molecule has 1 aliphatic heterocycles. The van der Waals surface area contributed by atoms with Gasteiger partial charge < -0.3 is 31.2 Å². The zero-order chi connectivity index (χ0) is 31.7. The Balaban J connectivity index is 1.90. The van der Waals surface area contributed by atoms with Crippen LogP contribution < -0.4 is 21.7 Å². The SMILES string of the molecule is CCCN(CCC)CC(=O)N[C@@H](C)C(=O)NCC(=O)N[C@@H](CC1CCCCC1)C(=O)[C@@]1(COC(=O)CCCCCN)CO1. The Labute approximate surface area is 256 Å². The lowest BCUT2D eigenvalue weighted by Crippen LogP contribution is -2.53. The maximum absolute atomic E-state index is 13.6. The van der Waals surface area contributed by atoms with Gasteiger partial charge in [0.25, 0.3) is 0 Å². The van der Waals surface area contributed by atoms with E-state index in [4.69, 9.17) is 15.2 Å². The first-order chi connectivity index (χ1) is 20.6. The molecule has 1 aliphatic carbocycles. The van der Waals surface area contributed by atoms with Gasteiger partial charge in [0.1, 0.15) is 12.6 Å². The van der Waals surface area contributed by atoms with Crippen LogP contribution in [-0.2, 0) is 33.4 Å². The summed E-state index contributed by atoms with van der Waals surface area (Å²) in [7, 11) is 0. The van der Waals surface area contributed by atoms with Gasteiger partial charge in [-0.3, -0.25) is 28.9 Å². The molecule has 1 saturated carbocycles. The van der Waals surface area contributed by atoms with Crippen molar-refractivity contribution in [2.45, 2.75) is 116 Å². The van der Waals surface area contributed by atoms with E-state index >= 15 is 0 Å². The predicted molar refractivity (Wildman–Crippen MR) is 163 cm³/mol. The molecule has 43 heavy (non-hydrogen) atoms. The van der Waals surface area contributed by atoms with Gasteiger partial charge in [-0.15, -0.1) is 0 Å². The molecule has 2 rings (SSSR count). The number of rotatable bonds is 22. The number of Topliss-reactive ketones (excluding diaryl/α,β-unsaturated/α-hetero) is 1. The molecular weight excluding hydrogens is 554 g/mol. The summed E-state index contributed by atoms with van der Waals surface area (Å²) in [4.78, 5) is 65.8. The van der Waals surface area contributed by atoms with Crippen molar-refractivity contribution < 1.29 is 33.4 Å². The summed E-state index contributed by atoms with van der Waals surface area (Å²) < 4.78 is 10.9. The van der Waals surface area contributed by atoms with Gasteiger partial charge in [0.05, 0.1) is 25.7 Å². The number of ether oxygens (including phenoxy) is 2. The van der Waals surface area contributed by atoms with Crippen LogP contribution in [0.4, 0.5) is 0 Å². The number of carbonyl (C=O) groups excluding carboxylic acids is 5. The molecule has 1 saturated heterocycles. The monoisotopic (exact) mass is 609 g/mol. The molecule has 12 heteroatoms. The predicted octanol–water partition coefficient (Wildman–Crippen LogP) is 1.58. The number of esters is 1. The van der Waals surface area contributed by atoms with E-state index in [0.29, 0.717) is 19.4 Å². The van der Waals surface area contributed by atoms with E-state index < -0.39 is 29.5 Å². The normalized spacial score (nSPS) is 19.7. The summed E-state index contributed by atoms with van der Waals surface area (Å²) in [5.74, 6) is -1.66. The fraction of sp³-hybridized carbons (Fsp3) is 0.839. The van der Waals surface area contributed by atoms with Crippen molar-refractivity contribution in [2.75, 3.05) is 45.9 Å². The molecule has 12 nitrogen and oxygen atoms in total. The molecule has 1 heterocycles. The minimum Gasteiger partial charge on any atom is -0.462 e. The quantitative estimate of drug-likeness (QED) is 0.0808. The Bertz CT molecular complexity index is 899. The van der Waals surface area contributed by atoms with Crippen LogP contribution >= 0.6 is 0 Å². The number of hydrogen-bond acceptors (Lipinski definition) is 9. The molecule has 2 fully saturated rings. The van der Waals surface area contributed by atoms with Crippen LogP contribution in [0.15, 0.2) is 0 Å². The number of nitrogens with zero attached hydrogens (tertiary/aromatic N) is 1. The number of nitrogens with one attached hydrogen (secondary N) is 3. The molecule has 2 aliphatic rings. The standard InChI is InChI=1S/C31H55N5O7/c1-4-16-36(17-5-2)20-27(38)34-23(3)30(41)33-19-26(37)35-25(18-24-12-8-6-9-13-24)29(40)31(22-43-31)21-42-28(39)14-10-7-11-15-32/h23-25H,4-22,32H2,1-3H3,(H,33,41)(H,34,38)(H,35,37)/t23-,25-,31+/m0/s1. The van der Waals surface area contributed by atoms with E-state index in [9.17, 15) is 24.0 Å². The van der Waals surface area contributed by atoms with E-state index in [1.54, 1.807) is 6.92 Å². The molecule has 0 bridgehead atoms. The average molecular weight is 610 g/mol. The third kappa shape index (κ3) is 13.7. The molecule has 3 atom stereocenters. The summed E-state index contributed by atoms with van der Waals surface area (Å²) in [5.41, 5.74) is 4.25. The van der Waals surface area contributed by atoms with Crippen LogP contribution in [0.2, 0.25) is 0 Å². The molecule has 246 valence electrons. The lowest BCUT2D eigenvalue weighted by molar-refractivity contribution is -0.148. The van der Waals surface area contributed by atoms with E-state index in [1.807, 2.05) is 4.90 Å². The smallest absolute Gasteiger partial charge is 0.305 e. The van der Waals surface area contributed by atoms with Crippen LogP contribution in [0, 0.1) is 5.92 Å². The highest BCUT2D eigenvalue weighted by Crippen LogP contribution is 2.34. The fourth-order valence-electron chi connectivity index (χ4n) is 5.57. The van der Waals surface area contributed by atoms with Crippen LogP contribution in [0.3, 0.4) is 0 Å². The van der Waals surface area contributed by atoms with Crippen molar-refractivity contribution in [1.29, 1.82) is 0 Å². The van der Waals surface area contributed by atoms with E-state index in [0.717, 1.165) is 70.9 Å². The lowest BCUT2D eigenvalue weighted by atomic mass is 9.82. The van der Waals surface area contributed by atoms with Gasteiger partial charge in [-0.2, -0.15) is 0 Å². The van der Waals surface area contributed by atoms with Crippen molar-refractivity contribution in [3.05, 3.63) is 0 Å². The molecule has 0 aromatic carbocycles. The maximum Gasteiger partial charge on any atom is 0.305 e. The Morgan fingerprint density at radius 2 is 1.65 bits per heavy atom. The minimum atomic E-state index is -1.25. The van der Waals surface area contributed by atoms with Crippen LogP contribution in [0.25, 0.3) is 0 Å². The third-order valence-electron chi connectivity index (χ3n) is 8.08. The van der Waals surface area contributed by atoms with Crippen molar-refractivity contribution in [1.82, 2.24) is 20.9 Å². The number of carbonyl (C=O) groups is 5. The van der Waals surface area contributed by atoms with Crippen molar-refractivity contribution in [3.63, 3.8) is 0 Å². The number of amides is 3. The van der Waals surface area contributed by atoms with Crippen LogP contribution in [0.1, 0.15) is 97.8 Å². The number of nitrogens with two attached hydrogens (primary N) is 1. The number of ketones is 1. The molecule has 0 spiro atoms. The number of hydrogen-bond donors (Lipinski definition) is 4. The zero-order valence-corrected chi connectivity index (χ0v) is 26.5. The van der Waals surface area contributed by atoms with E-state index in [2.05, 4.69) is 29.8 Å². The second-order valence-electron chi connectivity index (χ2n) is 12.1. The van der Waals surface area contributed by atoms with Crippen molar-refractivity contribution in [2.24, 2.45) is 11.7 Å². The number of epoxide rings is 1. The lowest BCUT2D eigenvalue weighted by Gasteiger charge is -2.28. The first-order valence-electron chi connectivity index (χ1n) is 16.3. The molecule has 5 N–H and O–H groups in total. The first kappa shape index (κ1) is 36.6. The van der Waals surface area contributed by atoms with Crippen molar-refractivity contribution >= 4 is 29.5 Å². The maximum atomic E-state index is 13.6. The Morgan fingerprint density at radius 3 is 2.26 bits per heavy atom. The summed E-state index contributed by atoms with van der Waals surface area (Å²) in [5, 5.41) is 8.06. The molecule has 0 unspecified atom stereocenters. The number of unbranched alkanes of at least 4 members (excludes halogenated alkanes) is 2. The third-order valence-corrected chi connectivity index (χ3v) is 8.08. The van der Waals surface area contributed by atoms with Crippen LogP contribution in [-0.4, -0.2) is 98.0 Å². The minimum absolute atomic E-state index is 0.130. The molecule has 0 radical (unpaired) electrons. The van der Waals surface area contributed by atoms with Crippen molar-refractivity contribution in [3.8, 4) is 0 Å². The van der Waals surface area contributed by atoms with Gasteiger partial charge in [0, 0.05) is 6.42 Å². The molecule has 0 aromatic rings. The Hall–Kier alpha value is -2.57. The largest absolute Gasteiger partial charge is 0.462 e. The average Bonchev–Trinajstić information content (AvgIpc) is 3.78. The molecule has 3 amide bonds. The summed E-state index contributed by atoms with van der Waals surface area (Å²) in [6, 6.07) is -1.64. The highest BCUT2D eigenvalue weighted by atomic mass is 16.6. The highest BCUT2D eigenvalue weighted by molar-refractivity contribution is 5.98. The summed E-state index contributed by atoms with van der Waals surface area (Å²) in [6.07, 6.45) is 10.2.